The van der Waals surface area contributed by atoms with Gasteiger partial charge in [-0.1, -0.05) is 63.1 Å². The van der Waals surface area contributed by atoms with Gasteiger partial charge in [0.1, 0.15) is 5.82 Å². The molecule has 1 aromatic heterocycles. The van der Waals surface area contributed by atoms with Crippen LogP contribution in [0, 0.1) is 27.7 Å². The fraction of sp³-hybridized carbons (Fsp3) is 0.364. The van der Waals surface area contributed by atoms with Gasteiger partial charge >= 0.3 is 6.03 Å². The number of carbonyl (C=O) groups is 1. The maximum atomic E-state index is 14.0. The van der Waals surface area contributed by atoms with Crippen molar-refractivity contribution in [3.63, 3.8) is 0 Å². The number of nitrogens with zero attached hydrogens (tertiary/aromatic N) is 3. The monoisotopic (exact) mass is 524 g/mol. The summed E-state index contributed by atoms with van der Waals surface area (Å²) in [7, 11) is 0. The zero-order valence-electron chi connectivity index (χ0n) is 24.0. The van der Waals surface area contributed by atoms with Gasteiger partial charge in [0.25, 0.3) is 5.56 Å². The zero-order chi connectivity index (χ0) is 28.1. The molecule has 1 unspecified atom stereocenters. The summed E-state index contributed by atoms with van der Waals surface area (Å²) in [4.78, 5) is 34.9. The van der Waals surface area contributed by atoms with Gasteiger partial charge in [0, 0.05) is 12.2 Å². The number of hydrogen-bond donors (Lipinski definition) is 1. The van der Waals surface area contributed by atoms with Gasteiger partial charge in [-0.2, -0.15) is 0 Å². The third-order valence-electron chi connectivity index (χ3n) is 7.59. The smallest absolute Gasteiger partial charge is 0.314 e. The second-order valence-electron chi connectivity index (χ2n) is 10.4. The summed E-state index contributed by atoms with van der Waals surface area (Å²) < 4.78 is 1.71. The molecule has 0 aliphatic rings. The first kappa shape index (κ1) is 28.1. The summed E-state index contributed by atoms with van der Waals surface area (Å²) in [6, 6.07) is 18.9. The lowest BCUT2D eigenvalue weighted by Gasteiger charge is -2.33. The minimum Gasteiger partial charge on any atom is -0.314 e. The first-order valence-electron chi connectivity index (χ1n) is 14.0. The van der Waals surface area contributed by atoms with Gasteiger partial charge in [0.15, 0.2) is 0 Å². The number of carbonyl (C=O) groups excluding carboxylic acids is 1. The summed E-state index contributed by atoms with van der Waals surface area (Å²) in [5, 5.41) is 3.75. The highest BCUT2D eigenvalue weighted by molar-refractivity contribution is 5.91. The Morgan fingerprint density at radius 1 is 0.897 bits per heavy atom. The van der Waals surface area contributed by atoms with E-state index < -0.39 is 6.04 Å². The van der Waals surface area contributed by atoms with Crippen LogP contribution in [0.25, 0.3) is 16.6 Å². The molecule has 1 atom stereocenters. The lowest BCUT2D eigenvalue weighted by Crippen LogP contribution is -2.41. The van der Waals surface area contributed by atoms with E-state index in [0.717, 1.165) is 52.9 Å². The average molecular weight is 525 g/mol. The lowest BCUT2D eigenvalue weighted by atomic mass is 10.1. The van der Waals surface area contributed by atoms with E-state index in [0.29, 0.717) is 29.7 Å². The fourth-order valence-corrected chi connectivity index (χ4v) is 5.15. The van der Waals surface area contributed by atoms with Crippen molar-refractivity contribution < 1.29 is 4.79 Å². The SMILES string of the molecule is CCCCCN(C(=O)Nc1c(C)cccc1C)C(CC)c1nc2ccccc2c(=O)n1-c1ccc(C)c(C)c1. The Morgan fingerprint density at radius 3 is 2.28 bits per heavy atom. The number of nitrogens with one attached hydrogen (secondary N) is 1. The second kappa shape index (κ2) is 12.3. The van der Waals surface area contributed by atoms with Crippen LogP contribution in [0.3, 0.4) is 0 Å². The van der Waals surface area contributed by atoms with E-state index >= 15 is 0 Å². The number of benzene rings is 3. The van der Waals surface area contributed by atoms with Crippen LogP contribution in [-0.4, -0.2) is 27.0 Å². The van der Waals surface area contributed by atoms with Gasteiger partial charge in [0.2, 0.25) is 0 Å². The number of para-hydroxylation sites is 2. The summed E-state index contributed by atoms with van der Waals surface area (Å²) in [6.45, 7) is 12.9. The molecule has 0 saturated heterocycles. The molecule has 1 heterocycles. The summed E-state index contributed by atoms with van der Waals surface area (Å²) in [5.41, 5.74) is 6.39. The third kappa shape index (κ3) is 5.90. The quantitative estimate of drug-likeness (QED) is 0.227. The van der Waals surface area contributed by atoms with E-state index in [1.54, 1.807) is 4.57 Å². The van der Waals surface area contributed by atoms with Crippen molar-refractivity contribution in [3.05, 3.63) is 99.1 Å². The number of fused-ring (bicyclic) bond motifs is 1. The number of aryl methyl sites for hydroxylation is 4. The van der Waals surface area contributed by atoms with Crippen molar-refractivity contribution in [1.29, 1.82) is 0 Å². The van der Waals surface area contributed by atoms with E-state index in [2.05, 4.69) is 26.1 Å². The standard InChI is InChI=1S/C33H40N4O2/c1-7-9-12-20-36(33(39)35-30-23(4)14-13-15-24(30)5)29(8-2)31-34-28-17-11-10-16-27(28)32(38)37(31)26-19-18-22(3)25(6)21-26/h10-11,13-19,21,29H,7-9,12,20H2,1-6H3,(H,35,39). The summed E-state index contributed by atoms with van der Waals surface area (Å²) >= 11 is 0. The summed E-state index contributed by atoms with van der Waals surface area (Å²) in [6.07, 6.45) is 3.54. The van der Waals surface area contributed by atoms with E-state index in [1.807, 2.05) is 86.3 Å². The van der Waals surface area contributed by atoms with Gasteiger partial charge < -0.3 is 10.2 Å². The number of anilines is 1. The fourth-order valence-electron chi connectivity index (χ4n) is 5.15. The Bertz CT molecular complexity index is 1520. The molecule has 0 aliphatic heterocycles. The van der Waals surface area contributed by atoms with E-state index in [9.17, 15) is 9.59 Å². The van der Waals surface area contributed by atoms with Crippen LogP contribution in [0.2, 0.25) is 0 Å². The maximum Gasteiger partial charge on any atom is 0.322 e. The lowest BCUT2D eigenvalue weighted by molar-refractivity contribution is 0.179. The van der Waals surface area contributed by atoms with Crippen molar-refractivity contribution >= 4 is 22.6 Å². The molecule has 2 amide bonds. The van der Waals surface area contributed by atoms with E-state index in [-0.39, 0.29) is 11.6 Å². The molecule has 204 valence electrons. The Morgan fingerprint density at radius 2 is 1.62 bits per heavy atom. The zero-order valence-corrected chi connectivity index (χ0v) is 24.0. The molecular formula is C33H40N4O2. The molecule has 0 saturated carbocycles. The van der Waals surface area contributed by atoms with Crippen molar-refractivity contribution in [1.82, 2.24) is 14.5 Å². The van der Waals surface area contributed by atoms with E-state index in [1.165, 1.54) is 0 Å². The van der Waals surface area contributed by atoms with Crippen molar-refractivity contribution in [2.45, 2.75) is 73.3 Å². The highest BCUT2D eigenvalue weighted by atomic mass is 16.2. The minimum absolute atomic E-state index is 0.124. The number of unbranched alkanes of at least 4 members (excludes halogenated alkanes) is 2. The second-order valence-corrected chi connectivity index (χ2v) is 10.4. The molecule has 4 rings (SSSR count). The molecular weight excluding hydrogens is 484 g/mol. The Hall–Kier alpha value is -3.93. The van der Waals surface area contributed by atoms with Crippen molar-refractivity contribution in [2.24, 2.45) is 0 Å². The average Bonchev–Trinajstić information content (AvgIpc) is 2.92. The highest BCUT2D eigenvalue weighted by Crippen LogP contribution is 2.29. The van der Waals surface area contributed by atoms with E-state index in [4.69, 9.17) is 4.98 Å². The molecule has 0 spiro atoms. The van der Waals surface area contributed by atoms with Crippen LogP contribution in [0.4, 0.5) is 10.5 Å². The number of urea groups is 1. The summed E-state index contributed by atoms with van der Waals surface area (Å²) in [5.74, 6) is 0.581. The number of rotatable bonds is 9. The molecule has 0 aliphatic carbocycles. The molecule has 0 fully saturated rings. The van der Waals surface area contributed by atoms with Gasteiger partial charge in [-0.3, -0.25) is 9.36 Å². The third-order valence-corrected chi connectivity index (χ3v) is 7.59. The Labute approximate surface area is 231 Å². The molecule has 1 N–H and O–H groups in total. The van der Waals surface area contributed by atoms with Crippen molar-refractivity contribution in [2.75, 3.05) is 11.9 Å². The molecule has 6 heteroatoms. The maximum absolute atomic E-state index is 14.0. The van der Waals surface area contributed by atoms with Crippen LogP contribution >= 0.6 is 0 Å². The molecule has 4 aromatic rings. The van der Waals surface area contributed by atoms with Crippen LogP contribution in [0.15, 0.2) is 65.5 Å². The van der Waals surface area contributed by atoms with Gasteiger partial charge in [0.05, 0.1) is 22.6 Å². The number of aromatic nitrogens is 2. The predicted octanol–water partition coefficient (Wildman–Crippen LogP) is 7.79. The molecule has 0 radical (unpaired) electrons. The van der Waals surface area contributed by atoms with Gasteiger partial charge in [-0.15, -0.1) is 0 Å². The first-order valence-corrected chi connectivity index (χ1v) is 14.0. The molecule has 39 heavy (non-hydrogen) atoms. The Balaban J connectivity index is 1.89. The largest absolute Gasteiger partial charge is 0.322 e. The minimum atomic E-state index is -0.398. The van der Waals surface area contributed by atoms with Crippen LogP contribution in [0.5, 0.6) is 0 Å². The molecule has 6 nitrogen and oxygen atoms in total. The van der Waals surface area contributed by atoms with Crippen molar-refractivity contribution in [3.8, 4) is 5.69 Å². The number of hydrogen-bond acceptors (Lipinski definition) is 3. The molecule has 3 aromatic carbocycles. The van der Waals surface area contributed by atoms with Gasteiger partial charge in [-0.25, -0.2) is 9.78 Å². The van der Waals surface area contributed by atoms with Crippen LogP contribution in [-0.2, 0) is 0 Å². The first-order chi connectivity index (χ1) is 18.8. The van der Waals surface area contributed by atoms with Crippen LogP contribution < -0.4 is 10.9 Å². The van der Waals surface area contributed by atoms with Gasteiger partial charge in [-0.05, 0) is 87.1 Å². The normalized spacial score (nSPS) is 11.9. The Kier molecular flexibility index (Phi) is 8.85. The van der Waals surface area contributed by atoms with Crippen LogP contribution in [0.1, 0.15) is 73.7 Å². The highest BCUT2D eigenvalue weighted by Gasteiger charge is 2.29. The molecule has 0 bridgehead atoms. The predicted molar refractivity (Wildman–Crippen MR) is 161 cm³/mol. The number of amides is 2. The topological polar surface area (TPSA) is 67.2 Å².